The molecule has 0 spiro atoms. The van der Waals surface area contributed by atoms with Crippen molar-refractivity contribution in [3.63, 3.8) is 0 Å². The van der Waals surface area contributed by atoms with Gasteiger partial charge in [0.25, 0.3) is 0 Å². The zero-order valence-corrected chi connectivity index (χ0v) is 20.9. The smallest absolute Gasteiger partial charge is 0.416 e. The van der Waals surface area contributed by atoms with E-state index in [2.05, 4.69) is 0 Å². The van der Waals surface area contributed by atoms with Crippen LogP contribution in [0.1, 0.15) is 29.2 Å². The normalized spacial score (nSPS) is 15.9. The quantitative estimate of drug-likeness (QED) is 0.469. The number of rotatable bonds is 7. The Labute approximate surface area is 212 Å². The van der Waals surface area contributed by atoms with Crippen molar-refractivity contribution in [3.8, 4) is 17.2 Å². The minimum atomic E-state index is -4.45. The number of benzene rings is 3. The highest BCUT2D eigenvalue weighted by Gasteiger charge is 2.33. The van der Waals surface area contributed by atoms with Crippen molar-refractivity contribution < 1.29 is 35.8 Å². The minimum absolute atomic E-state index is 0.0632. The molecule has 4 rings (SSSR count). The van der Waals surface area contributed by atoms with E-state index in [1.54, 1.807) is 29.3 Å². The van der Waals surface area contributed by atoms with Gasteiger partial charge in [0, 0.05) is 6.42 Å². The van der Waals surface area contributed by atoms with Crippen LogP contribution in [0.4, 0.5) is 18.9 Å². The second-order valence-electron chi connectivity index (χ2n) is 8.18. The number of hydrogen-bond acceptors (Lipinski definition) is 7. The maximum absolute atomic E-state index is 13.1. The minimum Gasteiger partial charge on any atom is -0.493 e. The molecule has 0 bridgehead atoms. The summed E-state index contributed by atoms with van der Waals surface area (Å²) in [5.74, 6) is 1.24. The summed E-state index contributed by atoms with van der Waals surface area (Å²) < 4.78 is 79.0. The van der Waals surface area contributed by atoms with Crippen molar-refractivity contribution in [1.29, 1.82) is 0 Å². The van der Waals surface area contributed by atoms with E-state index in [9.17, 15) is 21.6 Å². The van der Waals surface area contributed by atoms with Gasteiger partial charge in [-0.05, 0) is 59.7 Å². The average Bonchev–Trinajstić information content (AvgIpc) is 3.32. The molecule has 0 fully saturated rings. The summed E-state index contributed by atoms with van der Waals surface area (Å²) in [5.41, 5.74) is 1.59. The number of hydrazone groups is 1. The van der Waals surface area contributed by atoms with Gasteiger partial charge in [0.2, 0.25) is 15.8 Å². The molecular weight excluding hydrogens is 511 g/mol. The van der Waals surface area contributed by atoms with E-state index in [-0.39, 0.29) is 4.90 Å². The van der Waals surface area contributed by atoms with Gasteiger partial charge in [-0.2, -0.15) is 18.3 Å². The van der Waals surface area contributed by atoms with E-state index in [1.165, 1.54) is 45.6 Å². The number of sulfonamides is 1. The summed E-state index contributed by atoms with van der Waals surface area (Å²) in [4.78, 5) is -0.0632. The summed E-state index contributed by atoms with van der Waals surface area (Å²) in [7, 11) is 0.569. The maximum Gasteiger partial charge on any atom is 0.416 e. The van der Waals surface area contributed by atoms with Crippen LogP contribution >= 0.6 is 0 Å². The van der Waals surface area contributed by atoms with E-state index in [0.29, 0.717) is 40.6 Å². The number of nitrogens with zero attached hydrogens (tertiary/aromatic N) is 2. The number of primary sulfonamides is 1. The molecule has 1 atom stereocenters. The lowest BCUT2D eigenvalue weighted by Crippen LogP contribution is -2.19. The molecule has 0 aromatic heterocycles. The number of alkyl halides is 3. The molecule has 0 amide bonds. The van der Waals surface area contributed by atoms with Crippen LogP contribution in [0, 0.1) is 0 Å². The number of methoxy groups -OCH3 is 3. The van der Waals surface area contributed by atoms with Crippen LogP contribution in [-0.2, 0) is 16.2 Å². The molecule has 1 aliphatic rings. The summed E-state index contributed by atoms with van der Waals surface area (Å²) in [6, 6.07) is 13.7. The van der Waals surface area contributed by atoms with Gasteiger partial charge in [0.15, 0.2) is 11.5 Å². The van der Waals surface area contributed by atoms with Crippen LogP contribution in [0.15, 0.2) is 70.7 Å². The maximum atomic E-state index is 13.1. The fourth-order valence-corrected chi connectivity index (χ4v) is 4.63. The predicted octanol–water partition coefficient (Wildman–Crippen LogP) is 4.73. The largest absolute Gasteiger partial charge is 0.493 e. The molecule has 3 aromatic carbocycles. The number of ether oxygens (including phenoxy) is 3. The van der Waals surface area contributed by atoms with Gasteiger partial charge >= 0.3 is 6.18 Å². The highest BCUT2D eigenvalue weighted by Crippen LogP contribution is 2.44. The molecule has 2 N–H and O–H groups in total. The standard InChI is InChI=1S/C25H24F3N3O5S/c1-34-22-12-16(13-23(35-2)24(22)36-3)21-14-20(15-4-6-17(7-5-15)25(26,27)28)30-31(21)18-8-10-19(11-9-18)37(29,32)33/h4-13,21H,14H2,1-3H3,(H2,29,32,33). The van der Waals surface area contributed by atoms with E-state index < -0.39 is 27.8 Å². The molecule has 8 nitrogen and oxygen atoms in total. The van der Waals surface area contributed by atoms with E-state index in [4.69, 9.17) is 24.5 Å². The molecule has 196 valence electrons. The average molecular weight is 536 g/mol. The van der Waals surface area contributed by atoms with Crippen LogP contribution in [0.25, 0.3) is 0 Å². The monoisotopic (exact) mass is 535 g/mol. The number of hydrogen-bond donors (Lipinski definition) is 1. The van der Waals surface area contributed by atoms with Gasteiger partial charge < -0.3 is 14.2 Å². The fraction of sp³-hybridized carbons (Fsp3) is 0.240. The molecule has 1 heterocycles. The Hall–Kier alpha value is -3.77. The van der Waals surface area contributed by atoms with Crippen molar-refractivity contribution in [2.75, 3.05) is 26.3 Å². The van der Waals surface area contributed by atoms with Crippen molar-refractivity contribution >= 4 is 21.4 Å². The molecular formula is C25H24F3N3O5S. The lowest BCUT2D eigenvalue weighted by atomic mass is 9.97. The lowest BCUT2D eigenvalue weighted by molar-refractivity contribution is -0.137. The van der Waals surface area contributed by atoms with Gasteiger partial charge in [0.1, 0.15) is 0 Å². The third kappa shape index (κ3) is 5.35. The van der Waals surface area contributed by atoms with Crippen molar-refractivity contribution in [1.82, 2.24) is 0 Å². The predicted molar refractivity (Wildman–Crippen MR) is 132 cm³/mol. The molecule has 3 aromatic rings. The van der Waals surface area contributed by atoms with Gasteiger partial charge in [-0.1, -0.05) is 12.1 Å². The van der Waals surface area contributed by atoms with Gasteiger partial charge in [0.05, 0.1) is 49.2 Å². The fourth-order valence-electron chi connectivity index (χ4n) is 4.12. The molecule has 0 saturated carbocycles. The zero-order valence-electron chi connectivity index (χ0n) is 20.1. The molecule has 1 aliphatic heterocycles. The highest BCUT2D eigenvalue weighted by molar-refractivity contribution is 7.89. The summed E-state index contributed by atoms with van der Waals surface area (Å²) in [6.07, 6.45) is -4.12. The Morgan fingerprint density at radius 2 is 1.49 bits per heavy atom. The molecule has 12 heteroatoms. The highest BCUT2D eigenvalue weighted by atomic mass is 32.2. The van der Waals surface area contributed by atoms with E-state index in [1.807, 2.05) is 0 Å². The summed E-state index contributed by atoms with van der Waals surface area (Å²) in [5, 5.41) is 11.6. The summed E-state index contributed by atoms with van der Waals surface area (Å²) in [6.45, 7) is 0. The lowest BCUT2D eigenvalue weighted by Gasteiger charge is -2.25. The van der Waals surface area contributed by atoms with Gasteiger partial charge in [-0.25, -0.2) is 13.6 Å². The first-order valence-corrected chi connectivity index (χ1v) is 12.5. The van der Waals surface area contributed by atoms with Gasteiger partial charge in [-0.3, -0.25) is 5.01 Å². The first-order valence-electron chi connectivity index (χ1n) is 10.9. The van der Waals surface area contributed by atoms with Crippen LogP contribution in [0.3, 0.4) is 0 Å². The SMILES string of the molecule is COc1cc(C2CC(c3ccc(C(F)(F)F)cc3)=NN2c2ccc(S(N)(=O)=O)cc2)cc(OC)c1OC. The molecule has 1 unspecified atom stereocenters. The van der Waals surface area contributed by atoms with E-state index >= 15 is 0 Å². The van der Waals surface area contributed by atoms with Crippen molar-refractivity contribution in [2.24, 2.45) is 10.2 Å². The van der Waals surface area contributed by atoms with Crippen molar-refractivity contribution in [2.45, 2.75) is 23.5 Å². The number of halogens is 3. The van der Waals surface area contributed by atoms with E-state index in [0.717, 1.165) is 17.7 Å². The Morgan fingerprint density at radius 1 is 0.919 bits per heavy atom. The first kappa shape index (κ1) is 26.3. The number of nitrogens with two attached hydrogens (primary N) is 1. The Morgan fingerprint density at radius 3 is 1.95 bits per heavy atom. The Balaban J connectivity index is 1.80. The second kappa shape index (κ2) is 9.94. The molecule has 37 heavy (non-hydrogen) atoms. The zero-order chi connectivity index (χ0) is 27.0. The van der Waals surface area contributed by atoms with Crippen molar-refractivity contribution in [3.05, 3.63) is 77.4 Å². The third-order valence-corrected chi connectivity index (χ3v) is 6.89. The first-order chi connectivity index (χ1) is 17.5. The Kier molecular flexibility index (Phi) is 7.07. The van der Waals surface area contributed by atoms with Crippen LogP contribution in [-0.4, -0.2) is 35.5 Å². The third-order valence-electron chi connectivity index (χ3n) is 5.96. The van der Waals surface area contributed by atoms with Crippen LogP contribution in [0.2, 0.25) is 0 Å². The summed E-state index contributed by atoms with van der Waals surface area (Å²) >= 11 is 0. The molecule has 0 saturated heterocycles. The Bertz CT molecular complexity index is 1400. The second-order valence-corrected chi connectivity index (χ2v) is 9.75. The molecule has 0 aliphatic carbocycles. The topological polar surface area (TPSA) is 103 Å². The van der Waals surface area contributed by atoms with Crippen LogP contribution < -0.4 is 24.4 Å². The van der Waals surface area contributed by atoms with Crippen LogP contribution in [0.5, 0.6) is 17.2 Å². The number of anilines is 1. The van der Waals surface area contributed by atoms with Gasteiger partial charge in [-0.15, -0.1) is 0 Å². The molecule has 0 radical (unpaired) electrons.